The number of aromatic nitrogens is 2. The van der Waals surface area contributed by atoms with Crippen LogP contribution in [0.3, 0.4) is 0 Å². The zero-order valence-corrected chi connectivity index (χ0v) is 18.2. The number of carbonyl (C=O) groups excluding carboxylic acids is 1. The van der Waals surface area contributed by atoms with Crippen molar-refractivity contribution in [1.82, 2.24) is 9.97 Å². The summed E-state index contributed by atoms with van der Waals surface area (Å²) in [6, 6.07) is 1.68. The largest absolute Gasteiger partial charge is 0.452 e. The van der Waals surface area contributed by atoms with Crippen LogP contribution in [0.5, 0.6) is 5.75 Å². The summed E-state index contributed by atoms with van der Waals surface area (Å²) in [7, 11) is 0. The minimum absolute atomic E-state index is 0.000808. The first-order valence-electron chi connectivity index (χ1n) is 9.86. The minimum Gasteiger partial charge on any atom is -0.452 e. The molecule has 0 unspecified atom stereocenters. The maximum absolute atomic E-state index is 13.8. The van der Waals surface area contributed by atoms with Gasteiger partial charge in [0.05, 0.1) is 18.9 Å². The van der Waals surface area contributed by atoms with Crippen LogP contribution >= 0.6 is 11.3 Å². The molecule has 0 spiro atoms. The number of hydrogen-bond donors (Lipinski definition) is 2. The lowest BCUT2D eigenvalue weighted by atomic mass is 9.75. The highest BCUT2D eigenvalue weighted by molar-refractivity contribution is 7.10. The predicted octanol–water partition coefficient (Wildman–Crippen LogP) is 3.29. The lowest BCUT2D eigenvalue weighted by molar-refractivity contribution is -0.241. The summed E-state index contributed by atoms with van der Waals surface area (Å²) in [6.07, 6.45) is -6.42. The van der Waals surface area contributed by atoms with Gasteiger partial charge in [-0.25, -0.2) is 15.0 Å². The summed E-state index contributed by atoms with van der Waals surface area (Å²) in [5.74, 6) is -2.06. The number of alkyl halides is 5. The van der Waals surface area contributed by atoms with Crippen LogP contribution < -0.4 is 15.8 Å². The number of nitrogens with one attached hydrogen (secondary N) is 1. The first kappa shape index (κ1) is 24.1. The normalized spacial score (nSPS) is 26.9. The zero-order valence-electron chi connectivity index (χ0n) is 17.4. The number of amidine groups is 1. The van der Waals surface area contributed by atoms with Crippen LogP contribution in [0.4, 0.5) is 27.8 Å². The van der Waals surface area contributed by atoms with E-state index in [1.54, 1.807) is 6.92 Å². The standard InChI is InChI=1S/C19H18F5N5O4S/c1-8-4-10-13(19(22,23)24)33-17(25)29-18(10,7-31-8)15-28-12(6-34-15)27-14(30)11-3-2-9(5-26-11)32-16(20)21/h2-3,5-6,8,10,13,16H,4,7H2,1H3,(H2,25,29)(H,27,30)/t8-,10+,13+,18+/m1/s1. The molecule has 0 saturated carbocycles. The molecule has 0 aliphatic carbocycles. The third-order valence-electron chi connectivity index (χ3n) is 5.34. The molecule has 0 aromatic carbocycles. The van der Waals surface area contributed by atoms with Gasteiger partial charge >= 0.3 is 12.8 Å². The van der Waals surface area contributed by atoms with Crippen LogP contribution in [-0.2, 0) is 15.0 Å². The third-order valence-corrected chi connectivity index (χ3v) is 6.35. The van der Waals surface area contributed by atoms with Crippen molar-refractivity contribution in [1.29, 1.82) is 0 Å². The number of thiazole rings is 1. The number of nitrogens with two attached hydrogens (primary N) is 1. The Kier molecular flexibility index (Phi) is 6.33. The summed E-state index contributed by atoms with van der Waals surface area (Å²) in [4.78, 5) is 24.7. The number of pyridine rings is 1. The second-order valence-corrected chi connectivity index (χ2v) is 8.53. The molecule has 9 nitrogen and oxygen atoms in total. The molecule has 2 aliphatic heterocycles. The van der Waals surface area contributed by atoms with Crippen molar-refractivity contribution >= 4 is 29.1 Å². The molecule has 15 heteroatoms. The summed E-state index contributed by atoms with van der Waals surface area (Å²) in [5, 5.41) is 4.05. The summed E-state index contributed by atoms with van der Waals surface area (Å²) >= 11 is 0.980. The second-order valence-electron chi connectivity index (χ2n) is 7.67. The minimum atomic E-state index is -4.70. The number of rotatable bonds is 5. The molecule has 0 radical (unpaired) electrons. The quantitative estimate of drug-likeness (QED) is 0.596. The van der Waals surface area contributed by atoms with Crippen LogP contribution in [-0.4, -0.2) is 53.5 Å². The molecule has 34 heavy (non-hydrogen) atoms. The Balaban J connectivity index is 1.58. The Hall–Kier alpha value is -3.07. The molecule has 4 heterocycles. The van der Waals surface area contributed by atoms with Gasteiger partial charge in [0, 0.05) is 11.3 Å². The molecule has 4 rings (SSSR count). The van der Waals surface area contributed by atoms with Gasteiger partial charge in [-0.1, -0.05) is 0 Å². The molecular weight excluding hydrogens is 489 g/mol. The van der Waals surface area contributed by atoms with E-state index in [9.17, 15) is 26.7 Å². The maximum atomic E-state index is 13.8. The Labute approximate surface area is 193 Å². The van der Waals surface area contributed by atoms with Gasteiger partial charge in [-0.3, -0.25) is 4.79 Å². The highest BCUT2D eigenvalue weighted by atomic mass is 32.1. The molecule has 4 atom stereocenters. The number of nitrogens with zero attached hydrogens (tertiary/aromatic N) is 3. The smallest absolute Gasteiger partial charge is 0.425 e. The number of anilines is 1. The van der Waals surface area contributed by atoms with E-state index in [0.29, 0.717) is 0 Å². The van der Waals surface area contributed by atoms with Crippen molar-refractivity contribution in [2.24, 2.45) is 16.6 Å². The average molecular weight is 507 g/mol. The van der Waals surface area contributed by atoms with Crippen molar-refractivity contribution in [2.45, 2.75) is 43.9 Å². The molecule has 2 aromatic rings. The lowest BCUT2D eigenvalue weighted by Gasteiger charge is -2.47. The summed E-state index contributed by atoms with van der Waals surface area (Å²) in [6.45, 7) is -1.59. The van der Waals surface area contributed by atoms with Crippen LogP contribution in [0.2, 0.25) is 0 Å². The predicted molar refractivity (Wildman–Crippen MR) is 109 cm³/mol. The fourth-order valence-electron chi connectivity index (χ4n) is 3.88. The Morgan fingerprint density at radius 2 is 2.15 bits per heavy atom. The van der Waals surface area contributed by atoms with Gasteiger partial charge in [-0.05, 0) is 25.5 Å². The van der Waals surface area contributed by atoms with Crippen LogP contribution in [0.1, 0.15) is 28.8 Å². The third kappa shape index (κ3) is 4.75. The van der Waals surface area contributed by atoms with E-state index in [-0.39, 0.29) is 35.3 Å². The zero-order chi connectivity index (χ0) is 24.7. The lowest BCUT2D eigenvalue weighted by Crippen LogP contribution is -2.59. The summed E-state index contributed by atoms with van der Waals surface area (Å²) in [5.41, 5.74) is 3.94. The van der Waals surface area contributed by atoms with E-state index in [1.807, 2.05) is 0 Å². The Bertz CT molecular complexity index is 1080. The molecule has 1 amide bonds. The molecule has 184 valence electrons. The van der Waals surface area contributed by atoms with E-state index in [2.05, 4.69) is 25.0 Å². The number of amides is 1. The Morgan fingerprint density at radius 1 is 1.38 bits per heavy atom. The first-order chi connectivity index (χ1) is 16.0. The van der Waals surface area contributed by atoms with Gasteiger partial charge in [0.15, 0.2) is 0 Å². The van der Waals surface area contributed by atoms with Gasteiger partial charge in [0.1, 0.15) is 27.8 Å². The molecule has 0 bridgehead atoms. The summed E-state index contributed by atoms with van der Waals surface area (Å²) < 4.78 is 80.4. The van der Waals surface area contributed by atoms with Gasteiger partial charge in [-0.2, -0.15) is 22.0 Å². The number of ether oxygens (including phenoxy) is 3. The number of halogens is 5. The molecule has 2 aromatic heterocycles. The highest BCUT2D eigenvalue weighted by Crippen LogP contribution is 2.50. The van der Waals surface area contributed by atoms with E-state index in [1.165, 1.54) is 11.4 Å². The van der Waals surface area contributed by atoms with Crippen molar-refractivity contribution in [3.05, 3.63) is 34.4 Å². The number of aliphatic imine (C=N–C) groups is 1. The van der Waals surface area contributed by atoms with E-state index >= 15 is 0 Å². The second kappa shape index (κ2) is 8.94. The average Bonchev–Trinajstić information content (AvgIpc) is 3.22. The van der Waals surface area contributed by atoms with E-state index in [0.717, 1.165) is 23.6 Å². The SMILES string of the molecule is C[C@@H]1C[C@H]2[C@@H](C(F)(F)F)OC(N)=N[C@@]2(c2nc(NC(=O)c3ccc(OC(F)F)cn3)cs2)CO1. The number of fused-ring (bicyclic) bond motifs is 1. The molecular formula is C19H18F5N5O4S. The number of carbonyl (C=O) groups is 1. The van der Waals surface area contributed by atoms with E-state index < -0.39 is 48.4 Å². The highest BCUT2D eigenvalue weighted by Gasteiger charge is 2.61. The van der Waals surface area contributed by atoms with Crippen LogP contribution in [0, 0.1) is 5.92 Å². The van der Waals surface area contributed by atoms with Crippen molar-refractivity contribution in [2.75, 3.05) is 11.9 Å². The van der Waals surface area contributed by atoms with Crippen molar-refractivity contribution in [3.8, 4) is 5.75 Å². The maximum Gasteiger partial charge on any atom is 0.425 e. The topological polar surface area (TPSA) is 121 Å². The first-order valence-corrected chi connectivity index (χ1v) is 10.7. The number of hydrogen-bond acceptors (Lipinski definition) is 9. The van der Waals surface area contributed by atoms with Gasteiger partial charge in [0.2, 0.25) is 6.10 Å². The van der Waals surface area contributed by atoms with Crippen molar-refractivity contribution < 1.29 is 41.0 Å². The van der Waals surface area contributed by atoms with Crippen LogP contribution in [0.15, 0.2) is 28.7 Å². The van der Waals surface area contributed by atoms with Gasteiger partial charge < -0.3 is 25.3 Å². The molecule has 1 saturated heterocycles. The van der Waals surface area contributed by atoms with Gasteiger partial charge in [0.25, 0.3) is 11.9 Å². The Morgan fingerprint density at radius 3 is 2.79 bits per heavy atom. The molecule has 2 aliphatic rings. The fourth-order valence-corrected chi connectivity index (χ4v) is 4.83. The van der Waals surface area contributed by atoms with Gasteiger partial charge in [-0.15, -0.1) is 11.3 Å². The van der Waals surface area contributed by atoms with E-state index in [4.69, 9.17) is 15.2 Å². The van der Waals surface area contributed by atoms with Crippen molar-refractivity contribution in [3.63, 3.8) is 0 Å². The monoisotopic (exact) mass is 507 g/mol. The fraction of sp³-hybridized carbons (Fsp3) is 0.474. The van der Waals surface area contributed by atoms with Crippen LogP contribution in [0.25, 0.3) is 0 Å². The molecule has 3 N–H and O–H groups in total. The molecule has 1 fully saturated rings.